The summed E-state index contributed by atoms with van der Waals surface area (Å²) in [4.78, 5) is 19.0. The molecule has 0 aromatic heterocycles. The quantitative estimate of drug-likeness (QED) is 0.657. The molecule has 0 radical (unpaired) electrons. The number of hydrogen-bond acceptors (Lipinski definition) is 3. The highest BCUT2D eigenvalue weighted by atomic mass is 16.7. The van der Waals surface area contributed by atoms with Crippen LogP contribution in [0.3, 0.4) is 0 Å². The zero-order chi connectivity index (χ0) is 14.7. The molecule has 1 aromatic rings. The molecular weight excluding hydrogens is 266 g/mol. The van der Waals surface area contributed by atoms with E-state index in [0.717, 1.165) is 61.6 Å². The Morgan fingerprint density at radius 2 is 2.24 bits per heavy atom. The SMILES string of the molecule is Cc1ccccc1O[N-][NH+]1CCN2C[C@@H](C=O)CCC2C1. The fraction of sp³-hybridized carbons (Fsp3) is 0.562. The summed E-state index contributed by atoms with van der Waals surface area (Å²) in [7, 11) is 0. The van der Waals surface area contributed by atoms with Gasteiger partial charge in [-0.05, 0) is 31.4 Å². The molecule has 0 spiro atoms. The fourth-order valence-corrected chi connectivity index (χ4v) is 3.25. The van der Waals surface area contributed by atoms with Crippen LogP contribution in [0.15, 0.2) is 24.3 Å². The van der Waals surface area contributed by atoms with Crippen LogP contribution in [0, 0.1) is 12.8 Å². The van der Waals surface area contributed by atoms with Gasteiger partial charge in [-0.25, -0.2) is 0 Å². The van der Waals surface area contributed by atoms with Crippen LogP contribution in [-0.2, 0) is 4.79 Å². The van der Waals surface area contributed by atoms with Crippen molar-refractivity contribution >= 4 is 6.29 Å². The first-order chi connectivity index (χ1) is 10.3. The Hall–Kier alpha value is -1.43. The highest BCUT2D eigenvalue weighted by Crippen LogP contribution is 2.21. The number of para-hydroxylation sites is 1. The van der Waals surface area contributed by atoms with Crippen LogP contribution < -0.4 is 9.85 Å². The van der Waals surface area contributed by atoms with Crippen molar-refractivity contribution < 1.29 is 14.6 Å². The molecule has 0 aliphatic carbocycles. The fourth-order valence-electron chi connectivity index (χ4n) is 3.25. The van der Waals surface area contributed by atoms with Crippen molar-refractivity contribution in [1.82, 2.24) is 4.90 Å². The van der Waals surface area contributed by atoms with Gasteiger partial charge in [0.05, 0.1) is 19.1 Å². The number of aryl methyl sites for hydroxylation is 1. The van der Waals surface area contributed by atoms with Crippen molar-refractivity contribution in [3.05, 3.63) is 35.4 Å². The van der Waals surface area contributed by atoms with Gasteiger partial charge in [-0.2, -0.15) is 0 Å². The summed E-state index contributed by atoms with van der Waals surface area (Å²) < 4.78 is 0. The zero-order valence-corrected chi connectivity index (χ0v) is 12.5. The molecule has 3 rings (SSSR count). The van der Waals surface area contributed by atoms with Gasteiger partial charge in [-0.15, -0.1) is 0 Å². The predicted octanol–water partition coefficient (Wildman–Crippen LogP) is 0.756. The molecule has 0 bridgehead atoms. The molecule has 2 fully saturated rings. The second-order valence-corrected chi connectivity index (χ2v) is 6.09. The molecule has 2 aliphatic rings. The van der Waals surface area contributed by atoms with Crippen LogP contribution in [0.2, 0.25) is 0 Å². The van der Waals surface area contributed by atoms with Gasteiger partial charge in [-0.1, -0.05) is 18.2 Å². The van der Waals surface area contributed by atoms with E-state index in [1.165, 1.54) is 0 Å². The average Bonchev–Trinajstić information content (AvgIpc) is 2.53. The lowest BCUT2D eigenvalue weighted by atomic mass is 9.92. The van der Waals surface area contributed by atoms with Gasteiger partial charge in [0.25, 0.3) is 0 Å². The number of aldehydes is 1. The molecule has 1 aromatic carbocycles. The molecule has 2 heterocycles. The summed E-state index contributed by atoms with van der Waals surface area (Å²) in [6.45, 7) is 5.84. The van der Waals surface area contributed by atoms with Gasteiger partial charge in [0.1, 0.15) is 12.0 Å². The maximum atomic E-state index is 10.9. The van der Waals surface area contributed by atoms with E-state index in [9.17, 15) is 4.79 Å². The third-order valence-corrected chi connectivity index (χ3v) is 4.57. The Bertz CT molecular complexity index is 494. The first kappa shape index (κ1) is 14.5. The summed E-state index contributed by atoms with van der Waals surface area (Å²) in [5, 5.41) is 1.14. The van der Waals surface area contributed by atoms with Crippen LogP contribution >= 0.6 is 0 Å². The number of hydrogen-bond donors (Lipinski definition) is 1. The van der Waals surface area contributed by atoms with Crippen LogP contribution in [0.4, 0.5) is 0 Å². The summed E-state index contributed by atoms with van der Waals surface area (Å²) in [5.74, 6) is 1.06. The van der Waals surface area contributed by atoms with Crippen molar-refractivity contribution in [1.29, 1.82) is 0 Å². The van der Waals surface area contributed by atoms with Crippen LogP contribution in [0.5, 0.6) is 5.75 Å². The molecule has 3 atom stereocenters. The number of quaternary nitrogens is 1. The Kier molecular flexibility index (Phi) is 4.53. The van der Waals surface area contributed by atoms with Gasteiger partial charge < -0.3 is 14.6 Å². The van der Waals surface area contributed by atoms with Crippen molar-refractivity contribution in [2.24, 2.45) is 5.92 Å². The lowest BCUT2D eigenvalue weighted by molar-refractivity contribution is -0.884. The molecule has 2 aliphatic heterocycles. The minimum Gasteiger partial charge on any atom is -0.539 e. The maximum Gasteiger partial charge on any atom is 0.124 e. The Morgan fingerprint density at radius 1 is 1.38 bits per heavy atom. The van der Waals surface area contributed by atoms with E-state index in [1.54, 1.807) is 0 Å². The molecule has 5 heteroatoms. The van der Waals surface area contributed by atoms with Crippen molar-refractivity contribution in [3.8, 4) is 5.75 Å². The summed E-state index contributed by atoms with van der Waals surface area (Å²) >= 11 is 0. The lowest BCUT2D eigenvalue weighted by Gasteiger charge is -2.46. The van der Waals surface area contributed by atoms with Gasteiger partial charge in [0, 0.05) is 19.0 Å². The highest BCUT2D eigenvalue weighted by molar-refractivity contribution is 5.54. The standard InChI is InChI=1S/C16H23N3O2/c1-13-4-2-3-5-16(13)21-17-19-9-8-18-10-14(12-20)6-7-15(18)11-19/h2-5,12,14-15,19H,6-11H2,1H3/t14-,15?/m0/s1. The van der Waals surface area contributed by atoms with Crippen molar-refractivity contribution in [3.63, 3.8) is 0 Å². The number of fused-ring (bicyclic) bond motifs is 1. The molecule has 2 unspecified atom stereocenters. The van der Waals surface area contributed by atoms with E-state index >= 15 is 0 Å². The molecule has 0 saturated carbocycles. The van der Waals surface area contributed by atoms with E-state index in [-0.39, 0.29) is 5.92 Å². The highest BCUT2D eigenvalue weighted by Gasteiger charge is 2.33. The minimum atomic E-state index is 0.225. The van der Waals surface area contributed by atoms with E-state index in [0.29, 0.717) is 6.04 Å². The number of nitrogens with zero attached hydrogens (tertiary/aromatic N) is 2. The van der Waals surface area contributed by atoms with Gasteiger partial charge in [0.15, 0.2) is 0 Å². The number of piperidine rings is 1. The van der Waals surface area contributed by atoms with Gasteiger partial charge >= 0.3 is 0 Å². The predicted molar refractivity (Wildman–Crippen MR) is 80.0 cm³/mol. The van der Waals surface area contributed by atoms with Crippen molar-refractivity contribution in [2.75, 3.05) is 26.2 Å². The number of piperazine rings is 1. The normalized spacial score (nSPS) is 29.7. The summed E-state index contributed by atoms with van der Waals surface area (Å²) in [6.07, 6.45) is 3.21. The number of carbonyl (C=O) groups excluding carboxylic acids is 1. The Labute approximate surface area is 125 Å². The maximum absolute atomic E-state index is 10.9. The zero-order valence-electron chi connectivity index (χ0n) is 12.5. The Balaban J connectivity index is 1.51. The first-order valence-electron chi connectivity index (χ1n) is 7.74. The second-order valence-electron chi connectivity index (χ2n) is 6.09. The molecule has 5 nitrogen and oxygen atoms in total. The topological polar surface area (TPSA) is 48.1 Å². The monoisotopic (exact) mass is 289 g/mol. The van der Waals surface area contributed by atoms with E-state index in [4.69, 9.17) is 4.84 Å². The third-order valence-electron chi connectivity index (χ3n) is 4.57. The van der Waals surface area contributed by atoms with Gasteiger partial charge in [0.2, 0.25) is 0 Å². The number of carbonyl (C=O) groups is 1. The second kappa shape index (κ2) is 6.56. The van der Waals surface area contributed by atoms with Crippen LogP contribution in [0.1, 0.15) is 18.4 Å². The Morgan fingerprint density at radius 3 is 3.05 bits per heavy atom. The van der Waals surface area contributed by atoms with Crippen LogP contribution in [-0.4, -0.2) is 43.4 Å². The number of benzene rings is 1. The van der Waals surface area contributed by atoms with Crippen molar-refractivity contribution in [2.45, 2.75) is 25.8 Å². The van der Waals surface area contributed by atoms with Gasteiger partial charge in [-0.3, -0.25) is 10.5 Å². The van der Waals surface area contributed by atoms with E-state index in [1.807, 2.05) is 31.2 Å². The molecule has 2 saturated heterocycles. The van der Waals surface area contributed by atoms with Crippen LogP contribution in [0.25, 0.3) is 5.59 Å². The third kappa shape index (κ3) is 3.43. The first-order valence-corrected chi connectivity index (χ1v) is 7.74. The largest absolute Gasteiger partial charge is 0.539 e. The molecule has 114 valence electrons. The summed E-state index contributed by atoms with van der Waals surface area (Å²) in [6, 6.07) is 8.47. The average molecular weight is 289 g/mol. The molecule has 0 amide bonds. The smallest absolute Gasteiger partial charge is 0.124 e. The lowest BCUT2D eigenvalue weighted by Crippen LogP contribution is -3.12. The number of rotatable bonds is 4. The minimum absolute atomic E-state index is 0.225. The molecule has 21 heavy (non-hydrogen) atoms. The molecular formula is C16H23N3O2. The molecule has 1 N–H and O–H groups in total. The van der Waals surface area contributed by atoms with E-state index < -0.39 is 0 Å². The van der Waals surface area contributed by atoms with E-state index in [2.05, 4.69) is 10.5 Å². The number of nitrogens with one attached hydrogen (secondary N) is 1. The summed E-state index contributed by atoms with van der Waals surface area (Å²) in [5.41, 5.74) is 5.47.